The SMILES string of the molecule is CCc1ccc(OCc2c(F)cccc2NC(=S)OC)c(Cl)c1. The molecule has 0 saturated carbocycles. The Morgan fingerprint density at radius 2 is 2.09 bits per heavy atom. The number of nitrogens with one attached hydrogen (secondary N) is 1. The van der Waals surface area contributed by atoms with E-state index in [0.717, 1.165) is 12.0 Å². The third-order valence-electron chi connectivity index (χ3n) is 3.32. The van der Waals surface area contributed by atoms with Crippen molar-refractivity contribution in [2.75, 3.05) is 12.4 Å². The van der Waals surface area contributed by atoms with Crippen LogP contribution >= 0.6 is 23.8 Å². The fourth-order valence-corrected chi connectivity index (χ4v) is 2.38. The quantitative estimate of drug-likeness (QED) is 0.769. The van der Waals surface area contributed by atoms with Gasteiger partial charge in [0.2, 0.25) is 0 Å². The second kappa shape index (κ2) is 8.13. The van der Waals surface area contributed by atoms with Crippen molar-refractivity contribution >= 4 is 34.7 Å². The van der Waals surface area contributed by atoms with Crippen LogP contribution in [0.15, 0.2) is 36.4 Å². The number of methoxy groups -OCH3 is 1. The summed E-state index contributed by atoms with van der Waals surface area (Å²) < 4.78 is 24.6. The average molecular weight is 354 g/mol. The highest BCUT2D eigenvalue weighted by atomic mass is 35.5. The van der Waals surface area contributed by atoms with Gasteiger partial charge in [-0.2, -0.15) is 0 Å². The fraction of sp³-hybridized carbons (Fsp3) is 0.235. The van der Waals surface area contributed by atoms with Gasteiger partial charge in [-0.1, -0.05) is 30.7 Å². The Morgan fingerprint density at radius 1 is 1.30 bits per heavy atom. The predicted octanol–water partition coefficient (Wildman–Crippen LogP) is 4.96. The number of anilines is 1. The van der Waals surface area contributed by atoms with Gasteiger partial charge in [0.05, 0.1) is 17.8 Å². The van der Waals surface area contributed by atoms with Gasteiger partial charge in [0.15, 0.2) is 0 Å². The second-order valence-corrected chi connectivity index (χ2v) is 5.57. The summed E-state index contributed by atoms with van der Waals surface area (Å²) in [5, 5.41) is 3.48. The lowest BCUT2D eigenvalue weighted by Gasteiger charge is -2.14. The van der Waals surface area contributed by atoms with Gasteiger partial charge in [0, 0.05) is 5.56 Å². The van der Waals surface area contributed by atoms with Crippen molar-refractivity contribution in [3.63, 3.8) is 0 Å². The lowest BCUT2D eigenvalue weighted by Crippen LogP contribution is -2.14. The first-order chi connectivity index (χ1) is 11.0. The first-order valence-electron chi connectivity index (χ1n) is 7.08. The van der Waals surface area contributed by atoms with Crippen LogP contribution < -0.4 is 10.1 Å². The van der Waals surface area contributed by atoms with Crippen LogP contribution in [0.5, 0.6) is 5.75 Å². The highest BCUT2D eigenvalue weighted by Crippen LogP contribution is 2.28. The first-order valence-corrected chi connectivity index (χ1v) is 7.87. The maximum absolute atomic E-state index is 14.1. The van der Waals surface area contributed by atoms with Crippen LogP contribution in [0.3, 0.4) is 0 Å². The molecule has 0 spiro atoms. The zero-order valence-electron chi connectivity index (χ0n) is 12.9. The van der Waals surface area contributed by atoms with Crippen LogP contribution in [-0.2, 0) is 17.8 Å². The zero-order chi connectivity index (χ0) is 16.8. The maximum atomic E-state index is 14.1. The Bertz CT molecular complexity index is 709. The third kappa shape index (κ3) is 4.56. The largest absolute Gasteiger partial charge is 0.487 e. The molecule has 6 heteroatoms. The summed E-state index contributed by atoms with van der Waals surface area (Å²) >= 11 is 11.1. The third-order valence-corrected chi connectivity index (χ3v) is 3.88. The molecule has 122 valence electrons. The summed E-state index contributed by atoms with van der Waals surface area (Å²) in [5.41, 5.74) is 1.96. The zero-order valence-corrected chi connectivity index (χ0v) is 14.4. The van der Waals surface area contributed by atoms with E-state index in [1.54, 1.807) is 18.2 Å². The van der Waals surface area contributed by atoms with E-state index < -0.39 is 5.82 Å². The molecule has 0 amide bonds. The molecule has 0 fully saturated rings. The summed E-state index contributed by atoms with van der Waals surface area (Å²) in [6.07, 6.45) is 0.885. The number of hydrogen-bond donors (Lipinski definition) is 1. The summed E-state index contributed by atoms with van der Waals surface area (Å²) in [6.45, 7) is 2.06. The van der Waals surface area contributed by atoms with Crippen molar-refractivity contribution in [1.82, 2.24) is 0 Å². The summed E-state index contributed by atoms with van der Waals surface area (Å²) in [6, 6.07) is 10.2. The van der Waals surface area contributed by atoms with Gasteiger partial charge < -0.3 is 14.8 Å². The topological polar surface area (TPSA) is 30.5 Å². The summed E-state index contributed by atoms with van der Waals surface area (Å²) in [5.74, 6) is 0.114. The second-order valence-electron chi connectivity index (χ2n) is 4.79. The van der Waals surface area contributed by atoms with Crippen LogP contribution in [0.25, 0.3) is 0 Å². The summed E-state index contributed by atoms with van der Waals surface area (Å²) in [4.78, 5) is 0. The Labute approximate surface area is 145 Å². The van der Waals surface area contributed by atoms with E-state index >= 15 is 0 Å². The van der Waals surface area contributed by atoms with Gasteiger partial charge in [-0.3, -0.25) is 0 Å². The molecule has 0 unspecified atom stereocenters. The van der Waals surface area contributed by atoms with Gasteiger partial charge in [-0.15, -0.1) is 0 Å². The number of aryl methyl sites for hydroxylation is 1. The number of benzene rings is 2. The molecule has 0 aromatic heterocycles. The number of rotatable bonds is 5. The molecule has 0 atom stereocenters. The van der Waals surface area contributed by atoms with E-state index in [4.69, 9.17) is 33.3 Å². The molecular formula is C17H17ClFNO2S. The Hall–Kier alpha value is -1.85. The number of ether oxygens (including phenoxy) is 2. The van der Waals surface area contributed by atoms with Gasteiger partial charge in [-0.25, -0.2) is 4.39 Å². The number of thiocarbonyl (C=S) groups is 1. The van der Waals surface area contributed by atoms with E-state index in [0.29, 0.717) is 22.0 Å². The molecule has 0 aliphatic rings. The van der Waals surface area contributed by atoms with E-state index in [9.17, 15) is 4.39 Å². The molecule has 2 aromatic rings. The van der Waals surface area contributed by atoms with Gasteiger partial charge in [-0.05, 0) is 48.5 Å². The fourth-order valence-electron chi connectivity index (χ4n) is 2.01. The monoisotopic (exact) mass is 353 g/mol. The normalized spacial score (nSPS) is 10.3. The first kappa shape index (κ1) is 17.5. The van der Waals surface area contributed by atoms with Crippen molar-refractivity contribution in [1.29, 1.82) is 0 Å². The van der Waals surface area contributed by atoms with Crippen LogP contribution in [0.1, 0.15) is 18.1 Å². The smallest absolute Gasteiger partial charge is 0.260 e. The minimum atomic E-state index is -0.393. The molecule has 0 aliphatic carbocycles. The molecule has 0 radical (unpaired) electrons. The van der Waals surface area contributed by atoms with E-state index in [2.05, 4.69) is 5.32 Å². The van der Waals surface area contributed by atoms with Crippen LogP contribution in [-0.4, -0.2) is 12.3 Å². The lowest BCUT2D eigenvalue weighted by atomic mass is 10.1. The van der Waals surface area contributed by atoms with Crippen LogP contribution in [0, 0.1) is 5.82 Å². The minimum absolute atomic E-state index is 0.0204. The number of halogens is 2. The molecule has 0 heterocycles. The van der Waals surface area contributed by atoms with Crippen molar-refractivity contribution < 1.29 is 13.9 Å². The standard InChI is InChI=1S/C17H17ClFNO2S/c1-3-11-7-8-16(13(18)9-11)22-10-12-14(19)5-4-6-15(12)20-17(23)21-2/h4-9H,3,10H2,1-2H3,(H,20,23). The molecule has 2 aromatic carbocycles. The molecular weight excluding hydrogens is 337 g/mol. The van der Waals surface area contributed by atoms with Crippen molar-refractivity contribution in [2.24, 2.45) is 0 Å². The van der Waals surface area contributed by atoms with Crippen molar-refractivity contribution in [3.05, 3.63) is 58.4 Å². The van der Waals surface area contributed by atoms with Gasteiger partial charge in [0.25, 0.3) is 5.17 Å². The van der Waals surface area contributed by atoms with Crippen LogP contribution in [0.4, 0.5) is 10.1 Å². The lowest BCUT2D eigenvalue weighted by molar-refractivity contribution is 0.300. The average Bonchev–Trinajstić information content (AvgIpc) is 2.55. The Balaban J connectivity index is 2.18. The van der Waals surface area contributed by atoms with Gasteiger partial charge >= 0.3 is 0 Å². The molecule has 1 N–H and O–H groups in total. The molecule has 0 saturated heterocycles. The van der Waals surface area contributed by atoms with Crippen molar-refractivity contribution in [3.8, 4) is 5.75 Å². The van der Waals surface area contributed by atoms with E-state index in [1.165, 1.54) is 13.2 Å². The molecule has 2 rings (SSSR count). The van der Waals surface area contributed by atoms with Gasteiger partial charge in [0.1, 0.15) is 18.2 Å². The van der Waals surface area contributed by atoms with Crippen LogP contribution in [0.2, 0.25) is 5.02 Å². The molecule has 0 aliphatic heterocycles. The van der Waals surface area contributed by atoms with Crippen molar-refractivity contribution in [2.45, 2.75) is 20.0 Å². The Morgan fingerprint density at radius 3 is 2.74 bits per heavy atom. The van der Waals surface area contributed by atoms with E-state index in [1.807, 2.05) is 19.1 Å². The minimum Gasteiger partial charge on any atom is -0.487 e. The molecule has 0 bridgehead atoms. The molecule has 3 nitrogen and oxygen atoms in total. The molecule has 23 heavy (non-hydrogen) atoms. The predicted molar refractivity (Wildman–Crippen MR) is 94.8 cm³/mol. The van der Waals surface area contributed by atoms with E-state index in [-0.39, 0.29) is 11.8 Å². The highest BCUT2D eigenvalue weighted by Gasteiger charge is 2.12. The highest BCUT2D eigenvalue weighted by molar-refractivity contribution is 7.80. The number of hydrogen-bond acceptors (Lipinski definition) is 3. The summed E-state index contributed by atoms with van der Waals surface area (Å²) in [7, 11) is 1.44. The maximum Gasteiger partial charge on any atom is 0.260 e. The Kier molecular flexibility index (Phi) is 6.19.